The number of carboxylic acid groups (broad SMARTS) is 1. The van der Waals surface area contributed by atoms with Crippen molar-refractivity contribution in [1.82, 2.24) is 5.32 Å². The molecule has 0 fully saturated rings. The van der Waals surface area contributed by atoms with E-state index in [2.05, 4.69) is 29.6 Å². The third-order valence-electron chi connectivity index (χ3n) is 5.62. The topological polar surface area (TPSA) is 75.6 Å². The quantitative estimate of drug-likeness (QED) is 0.500. The van der Waals surface area contributed by atoms with Crippen LogP contribution >= 0.6 is 0 Å². The van der Waals surface area contributed by atoms with Crippen LogP contribution < -0.4 is 5.32 Å². The van der Waals surface area contributed by atoms with Crippen LogP contribution in [0.2, 0.25) is 0 Å². The van der Waals surface area contributed by atoms with E-state index in [0.717, 1.165) is 27.8 Å². The molecule has 1 aliphatic rings. The number of carbonyl (C=O) groups excluding carboxylic acids is 1. The molecule has 1 amide bonds. The van der Waals surface area contributed by atoms with Gasteiger partial charge in [-0.2, -0.15) is 0 Å². The largest absolute Gasteiger partial charge is 0.481 e. The van der Waals surface area contributed by atoms with Crippen molar-refractivity contribution in [3.8, 4) is 11.1 Å². The van der Waals surface area contributed by atoms with E-state index in [1.807, 2.05) is 66.7 Å². The highest BCUT2D eigenvalue weighted by atomic mass is 16.5. The van der Waals surface area contributed by atoms with Gasteiger partial charge < -0.3 is 15.2 Å². The molecular weight excluding hydrogens is 402 g/mol. The molecule has 32 heavy (non-hydrogen) atoms. The Morgan fingerprint density at radius 3 is 2.12 bits per heavy atom. The van der Waals surface area contributed by atoms with E-state index in [9.17, 15) is 14.7 Å². The van der Waals surface area contributed by atoms with Gasteiger partial charge in [0.15, 0.2) is 0 Å². The summed E-state index contributed by atoms with van der Waals surface area (Å²) in [6.07, 6.45) is 3.39. The summed E-state index contributed by atoms with van der Waals surface area (Å²) in [6, 6.07) is 25.4. The van der Waals surface area contributed by atoms with Crippen molar-refractivity contribution < 1.29 is 19.4 Å². The normalized spacial score (nSPS) is 13.4. The number of carbonyl (C=O) groups is 2. The molecule has 3 aromatic carbocycles. The molecule has 0 aromatic heterocycles. The van der Waals surface area contributed by atoms with Crippen molar-refractivity contribution in [1.29, 1.82) is 0 Å². The number of benzene rings is 3. The molecule has 162 valence electrons. The highest BCUT2D eigenvalue weighted by Gasteiger charge is 2.29. The van der Waals surface area contributed by atoms with Gasteiger partial charge in [0.05, 0.1) is 6.42 Å². The van der Waals surface area contributed by atoms with Crippen molar-refractivity contribution in [2.24, 2.45) is 0 Å². The summed E-state index contributed by atoms with van der Waals surface area (Å²) >= 11 is 0. The van der Waals surface area contributed by atoms with E-state index in [1.54, 1.807) is 0 Å². The van der Waals surface area contributed by atoms with Gasteiger partial charge in [0.1, 0.15) is 6.61 Å². The molecule has 3 aromatic rings. The minimum Gasteiger partial charge on any atom is -0.481 e. The van der Waals surface area contributed by atoms with Crippen LogP contribution in [0.1, 0.15) is 35.4 Å². The zero-order valence-electron chi connectivity index (χ0n) is 17.6. The maximum Gasteiger partial charge on any atom is 0.407 e. The molecule has 1 aliphatic carbocycles. The number of ether oxygens (including phenoxy) is 1. The molecule has 0 heterocycles. The number of alkyl carbamates (subject to hydrolysis) is 1. The Kier molecular flexibility index (Phi) is 6.66. The molecule has 5 nitrogen and oxygen atoms in total. The Morgan fingerprint density at radius 2 is 1.50 bits per heavy atom. The molecular formula is C27H25NO4. The van der Waals surface area contributed by atoms with Crippen LogP contribution in [0.5, 0.6) is 0 Å². The van der Waals surface area contributed by atoms with Gasteiger partial charge >= 0.3 is 12.1 Å². The van der Waals surface area contributed by atoms with Crippen LogP contribution in [0, 0.1) is 0 Å². The molecule has 0 saturated carbocycles. The van der Waals surface area contributed by atoms with Gasteiger partial charge in [-0.15, -0.1) is 0 Å². The molecule has 1 atom stereocenters. The molecule has 0 saturated heterocycles. The van der Waals surface area contributed by atoms with Crippen molar-refractivity contribution in [2.75, 3.05) is 6.61 Å². The number of hydrogen-bond donors (Lipinski definition) is 2. The fourth-order valence-corrected chi connectivity index (χ4v) is 4.14. The first-order valence-corrected chi connectivity index (χ1v) is 10.7. The first kappa shape index (κ1) is 21.4. The molecule has 4 rings (SSSR count). The van der Waals surface area contributed by atoms with Gasteiger partial charge in [0, 0.05) is 12.0 Å². The second-order valence-electron chi connectivity index (χ2n) is 7.81. The predicted octanol–water partition coefficient (Wildman–Crippen LogP) is 5.47. The molecule has 0 aliphatic heterocycles. The summed E-state index contributed by atoms with van der Waals surface area (Å²) < 4.78 is 5.55. The van der Waals surface area contributed by atoms with Crippen LogP contribution in [0.25, 0.3) is 17.2 Å². The zero-order chi connectivity index (χ0) is 22.3. The number of amides is 1. The van der Waals surface area contributed by atoms with Gasteiger partial charge in [0.2, 0.25) is 0 Å². The standard InChI is InChI=1S/C27H25NO4/c29-26(30)17-20(12-8-11-19-9-2-1-3-10-19)28-27(31)32-18-25-23-15-6-4-13-21(23)22-14-5-7-16-24(22)25/h1-11,13-16,20,25H,12,17-18H2,(H,28,31)(H,29,30)/b11-8+. The number of aliphatic carboxylic acids is 1. The highest BCUT2D eigenvalue weighted by Crippen LogP contribution is 2.44. The minimum atomic E-state index is -0.970. The second kappa shape index (κ2) is 9.96. The fraction of sp³-hybridized carbons (Fsp3) is 0.185. The molecule has 2 N–H and O–H groups in total. The van der Waals surface area contributed by atoms with Crippen molar-refractivity contribution in [3.63, 3.8) is 0 Å². The smallest absolute Gasteiger partial charge is 0.407 e. The highest BCUT2D eigenvalue weighted by molar-refractivity contribution is 5.79. The maximum absolute atomic E-state index is 12.5. The van der Waals surface area contributed by atoms with Crippen LogP contribution in [-0.4, -0.2) is 29.8 Å². The molecule has 1 unspecified atom stereocenters. The van der Waals surface area contributed by atoms with E-state index in [1.165, 1.54) is 0 Å². The zero-order valence-corrected chi connectivity index (χ0v) is 17.6. The molecule has 0 bridgehead atoms. The molecule has 5 heteroatoms. The van der Waals surface area contributed by atoms with Crippen LogP contribution in [-0.2, 0) is 9.53 Å². The Labute approximate surface area is 187 Å². The Hall–Kier alpha value is -3.86. The Balaban J connectivity index is 1.38. The Bertz CT molecular complexity index is 1080. The van der Waals surface area contributed by atoms with E-state index >= 15 is 0 Å². The lowest BCUT2D eigenvalue weighted by Crippen LogP contribution is -2.37. The number of nitrogens with one attached hydrogen (secondary N) is 1. The summed E-state index contributed by atoms with van der Waals surface area (Å²) in [5, 5.41) is 11.9. The van der Waals surface area contributed by atoms with Gasteiger partial charge in [-0.25, -0.2) is 4.79 Å². The molecule has 0 radical (unpaired) electrons. The number of hydrogen-bond acceptors (Lipinski definition) is 3. The number of carboxylic acids is 1. The third-order valence-corrected chi connectivity index (χ3v) is 5.62. The average molecular weight is 428 g/mol. The summed E-state index contributed by atoms with van der Waals surface area (Å²) in [7, 11) is 0. The predicted molar refractivity (Wildman–Crippen MR) is 124 cm³/mol. The van der Waals surface area contributed by atoms with Gasteiger partial charge in [-0.1, -0.05) is 91.0 Å². The first-order chi connectivity index (χ1) is 15.6. The van der Waals surface area contributed by atoms with Crippen LogP contribution in [0.15, 0.2) is 84.9 Å². The lowest BCUT2D eigenvalue weighted by atomic mass is 9.98. The molecule has 0 spiro atoms. The second-order valence-corrected chi connectivity index (χ2v) is 7.81. The summed E-state index contributed by atoms with van der Waals surface area (Å²) in [6.45, 7) is 0.194. The minimum absolute atomic E-state index is 0.0379. The summed E-state index contributed by atoms with van der Waals surface area (Å²) in [4.78, 5) is 23.7. The number of rotatable bonds is 8. The fourth-order valence-electron chi connectivity index (χ4n) is 4.14. The van der Waals surface area contributed by atoms with Crippen molar-refractivity contribution >= 4 is 18.1 Å². The summed E-state index contributed by atoms with van der Waals surface area (Å²) in [5.74, 6) is -1.01. The van der Waals surface area contributed by atoms with Gasteiger partial charge in [-0.3, -0.25) is 4.79 Å². The van der Waals surface area contributed by atoms with Crippen molar-refractivity contribution in [2.45, 2.75) is 24.8 Å². The monoisotopic (exact) mass is 427 g/mol. The van der Waals surface area contributed by atoms with E-state index < -0.39 is 18.1 Å². The lowest BCUT2D eigenvalue weighted by Gasteiger charge is -2.18. The first-order valence-electron chi connectivity index (χ1n) is 10.7. The SMILES string of the molecule is O=C(O)CC(C/C=C/c1ccccc1)NC(=O)OCC1c2ccccc2-c2ccccc21. The number of fused-ring (bicyclic) bond motifs is 3. The van der Waals surface area contributed by atoms with E-state index in [0.29, 0.717) is 6.42 Å². The van der Waals surface area contributed by atoms with E-state index in [4.69, 9.17) is 4.74 Å². The Morgan fingerprint density at radius 1 is 0.906 bits per heavy atom. The lowest BCUT2D eigenvalue weighted by molar-refractivity contribution is -0.137. The van der Waals surface area contributed by atoms with Gasteiger partial charge in [0.25, 0.3) is 0 Å². The van der Waals surface area contributed by atoms with Crippen molar-refractivity contribution in [3.05, 3.63) is 102 Å². The van der Waals surface area contributed by atoms with Crippen LogP contribution in [0.3, 0.4) is 0 Å². The maximum atomic E-state index is 12.5. The third kappa shape index (κ3) is 5.06. The van der Waals surface area contributed by atoms with Gasteiger partial charge in [-0.05, 0) is 34.2 Å². The summed E-state index contributed by atoms with van der Waals surface area (Å²) in [5.41, 5.74) is 5.60. The van der Waals surface area contributed by atoms with E-state index in [-0.39, 0.29) is 18.9 Å². The average Bonchev–Trinajstić information content (AvgIpc) is 3.12. The van der Waals surface area contributed by atoms with Crippen LogP contribution in [0.4, 0.5) is 4.79 Å².